The summed E-state index contributed by atoms with van der Waals surface area (Å²) >= 11 is 5.47. The largest absolute Gasteiger partial charge is 0.285 e. The minimum atomic E-state index is -0.983. The Morgan fingerprint density at radius 1 is 1.15 bits per heavy atom. The monoisotopic (exact) mass is 192 g/mol. The van der Waals surface area contributed by atoms with Crippen LogP contribution in [0.3, 0.4) is 0 Å². The van der Waals surface area contributed by atoms with Gasteiger partial charge >= 0.3 is 0 Å². The van der Waals surface area contributed by atoms with E-state index in [0.29, 0.717) is 0 Å². The first-order valence-corrected chi connectivity index (χ1v) is 3.50. The Balaban J connectivity index is 3.45. The van der Waals surface area contributed by atoms with Crippen molar-refractivity contribution in [1.82, 2.24) is 0 Å². The summed E-state index contributed by atoms with van der Waals surface area (Å²) in [5.74, 6) is -1.86. The maximum Gasteiger partial charge on any atom is 0.244 e. The lowest BCUT2D eigenvalue weighted by Crippen LogP contribution is -2.19. The van der Waals surface area contributed by atoms with Crippen LogP contribution in [0.2, 0.25) is 0 Å². The minimum absolute atomic E-state index is 0.163. The first kappa shape index (κ1) is 9.18. The number of ketones is 2. The Morgan fingerprint density at radius 2 is 1.69 bits per heavy atom. The van der Waals surface area contributed by atoms with Gasteiger partial charge < -0.3 is 0 Å². The number of hydrogen-bond donors (Lipinski definition) is 0. The summed E-state index contributed by atoms with van der Waals surface area (Å²) in [5, 5.41) is 16.8. The van der Waals surface area contributed by atoms with Gasteiger partial charge in [0.15, 0.2) is 0 Å². The van der Waals surface area contributed by atoms with E-state index in [9.17, 15) is 9.59 Å². The van der Waals surface area contributed by atoms with Gasteiger partial charge in [-0.2, -0.15) is 10.5 Å². The van der Waals surface area contributed by atoms with Crippen molar-refractivity contribution in [2.45, 2.75) is 0 Å². The van der Waals surface area contributed by atoms with Crippen molar-refractivity contribution in [2.24, 2.45) is 0 Å². The third-order valence-electron chi connectivity index (χ3n) is 1.42. The number of carbonyl (C=O) groups is 2. The second-order valence-corrected chi connectivity index (χ2v) is 2.57. The molecule has 0 aliphatic heterocycles. The number of nitriles is 2. The second kappa shape index (κ2) is 3.22. The number of carbonyl (C=O) groups excluding carboxylic acids is 2. The Hall–Kier alpha value is -1.91. The van der Waals surface area contributed by atoms with Crippen LogP contribution < -0.4 is 0 Å². The maximum absolute atomic E-state index is 11.0. The Morgan fingerprint density at radius 3 is 2.15 bits per heavy atom. The average molecular weight is 193 g/mol. The molecule has 0 N–H and O–H groups in total. The number of hydrogen-bond acceptors (Lipinski definition) is 4. The molecule has 0 saturated heterocycles. The average Bonchev–Trinajstić information content (AvgIpc) is 2.10. The van der Waals surface area contributed by atoms with E-state index in [1.54, 1.807) is 6.07 Å². The van der Waals surface area contributed by atoms with Crippen LogP contribution in [0.15, 0.2) is 22.3 Å². The molecule has 0 spiro atoms. The minimum Gasteiger partial charge on any atom is -0.285 e. The molecule has 0 unspecified atom stereocenters. The molecule has 0 saturated carbocycles. The summed E-state index contributed by atoms with van der Waals surface area (Å²) < 4.78 is 0. The fraction of sp³-hybridized carbons (Fsp3) is 0. The van der Waals surface area contributed by atoms with Gasteiger partial charge in [-0.15, -0.1) is 0 Å². The first-order chi connectivity index (χ1) is 6.11. The van der Waals surface area contributed by atoms with Gasteiger partial charge in [0.1, 0.15) is 17.7 Å². The van der Waals surface area contributed by atoms with Crippen LogP contribution >= 0.6 is 11.6 Å². The molecule has 1 aliphatic carbocycles. The van der Waals surface area contributed by atoms with Gasteiger partial charge in [-0.25, -0.2) is 0 Å². The predicted octanol–water partition coefficient (Wildman–Crippen LogP) is 0.605. The van der Waals surface area contributed by atoms with E-state index < -0.39 is 17.1 Å². The van der Waals surface area contributed by atoms with Crippen LogP contribution in [0, 0.1) is 22.7 Å². The van der Waals surface area contributed by atoms with Crippen molar-refractivity contribution < 1.29 is 9.59 Å². The molecule has 5 heteroatoms. The number of Topliss-reactive ketones (excluding diaryl/α,β-unsaturated/α-hetero) is 1. The summed E-state index contributed by atoms with van der Waals surface area (Å²) in [6.07, 6.45) is 0.837. The molecule has 1 rings (SSSR count). The summed E-state index contributed by atoms with van der Waals surface area (Å²) in [6, 6.07) is 3.07. The van der Waals surface area contributed by atoms with E-state index in [1.807, 2.05) is 0 Å². The molecular formula is C8HClN2O2. The smallest absolute Gasteiger partial charge is 0.244 e. The van der Waals surface area contributed by atoms with Gasteiger partial charge in [-0.3, -0.25) is 9.59 Å². The zero-order valence-electron chi connectivity index (χ0n) is 6.17. The molecule has 0 amide bonds. The zero-order chi connectivity index (χ0) is 10.0. The number of halogens is 1. The highest BCUT2D eigenvalue weighted by Crippen LogP contribution is 2.23. The lowest BCUT2D eigenvalue weighted by Gasteiger charge is -2.04. The van der Waals surface area contributed by atoms with Crippen molar-refractivity contribution in [3.05, 3.63) is 22.3 Å². The summed E-state index contributed by atoms with van der Waals surface area (Å²) in [5.41, 5.74) is -0.728. The molecule has 62 valence electrons. The van der Waals surface area contributed by atoms with E-state index in [0.717, 1.165) is 6.08 Å². The number of rotatable bonds is 0. The molecular weight excluding hydrogens is 192 g/mol. The lowest BCUT2D eigenvalue weighted by atomic mass is 9.97. The van der Waals surface area contributed by atoms with Gasteiger partial charge in [0, 0.05) is 6.08 Å². The SMILES string of the molecule is N#CC1=C(C#N)C(Cl)=CC(=O)C1=O. The fourth-order valence-corrected chi connectivity index (χ4v) is 1.06. The lowest BCUT2D eigenvalue weighted by molar-refractivity contribution is -0.131. The predicted molar refractivity (Wildman–Crippen MR) is 42.2 cm³/mol. The van der Waals surface area contributed by atoms with Crippen LogP contribution in [-0.4, -0.2) is 11.6 Å². The second-order valence-electron chi connectivity index (χ2n) is 2.16. The summed E-state index contributed by atoms with van der Waals surface area (Å²) in [7, 11) is 0. The summed E-state index contributed by atoms with van der Waals surface area (Å²) in [6.45, 7) is 0. The topological polar surface area (TPSA) is 81.7 Å². The van der Waals surface area contributed by atoms with Crippen molar-refractivity contribution in [3.63, 3.8) is 0 Å². The molecule has 13 heavy (non-hydrogen) atoms. The fourth-order valence-electron chi connectivity index (χ4n) is 0.825. The zero-order valence-corrected chi connectivity index (χ0v) is 6.92. The van der Waals surface area contributed by atoms with E-state index in [-0.39, 0.29) is 10.6 Å². The molecule has 0 radical (unpaired) electrons. The third kappa shape index (κ3) is 1.35. The van der Waals surface area contributed by atoms with Crippen molar-refractivity contribution in [1.29, 1.82) is 10.5 Å². The van der Waals surface area contributed by atoms with Gasteiger partial charge in [-0.05, 0) is 0 Å². The normalized spacial score (nSPS) is 16.4. The first-order valence-electron chi connectivity index (χ1n) is 3.12. The molecule has 0 atom stereocenters. The highest BCUT2D eigenvalue weighted by atomic mass is 35.5. The van der Waals surface area contributed by atoms with Crippen LogP contribution in [0.1, 0.15) is 0 Å². The standard InChI is InChI=1S/C8HClN2O2/c9-6-1-7(12)8(13)5(3-11)4(6)2-10/h1H. The quantitative estimate of drug-likeness (QED) is 0.416. The molecule has 0 fully saturated rings. The van der Waals surface area contributed by atoms with Crippen LogP contribution in [0.5, 0.6) is 0 Å². The highest BCUT2D eigenvalue weighted by Gasteiger charge is 2.27. The van der Waals surface area contributed by atoms with E-state index in [4.69, 9.17) is 22.1 Å². The Labute approximate surface area is 78.3 Å². The van der Waals surface area contributed by atoms with Crippen LogP contribution in [0.25, 0.3) is 0 Å². The third-order valence-corrected chi connectivity index (χ3v) is 1.72. The molecule has 4 nitrogen and oxygen atoms in total. The van der Waals surface area contributed by atoms with Crippen molar-refractivity contribution in [3.8, 4) is 12.1 Å². The van der Waals surface area contributed by atoms with E-state index in [1.165, 1.54) is 6.07 Å². The van der Waals surface area contributed by atoms with Gasteiger partial charge in [0.05, 0.1) is 10.6 Å². The number of allylic oxidation sites excluding steroid dienone is 4. The van der Waals surface area contributed by atoms with Gasteiger partial charge in [-0.1, -0.05) is 11.6 Å². The van der Waals surface area contributed by atoms with Crippen molar-refractivity contribution in [2.75, 3.05) is 0 Å². The Bertz CT molecular complexity index is 446. The number of nitrogens with zero attached hydrogens (tertiary/aromatic N) is 2. The Kier molecular flexibility index (Phi) is 2.27. The van der Waals surface area contributed by atoms with Gasteiger partial charge in [0.25, 0.3) is 0 Å². The molecule has 0 heterocycles. The summed E-state index contributed by atoms with van der Waals surface area (Å²) in [4.78, 5) is 21.8. The molecule has 0 aromatic heterocycles. The van der Waals surface area contributed by atoms with Crippen LogP contribution in [-0.2, 0) is 9.59 Å². The van der Waals surface area contributed by atoms with Crippen LogP contribution in [0.4, 0.5) is 0 Å². The van der Waals surface area contributed by atoms with E-state index in [2.05, 4.69) is 0 Å². The molecule has 0 aromatic carbocycles. The molecule has 0 bridgehead atoms. The molecule has 1 aliphatic rings. The molecule has 0 aromatic rings. The van der Waals surface area contributed by atoms with Gasteiger partial charge in [0.2, 0.25) is 11.6 Å². The van der Waals surface area contributed by atoms with E-state index >= 15 is 0 Å². The highest BCUT2D eigenvalue weighted by molar-refractivity contribution is 6.52. The van der Waals surface area contributed by atoms with Crippen molar-refractivity contribution >= 4 is 23.2 Å². The maximum atomic E-state index is 11.0.